The minimum atomic E-state index is -0.396. The van der Waals surface area contributed by atoms with Crippen molar-refractivity contribution in [1.29, 1.82) is 0 Å². The van der Waals surface area contributed by atoms with E-state index >= 15 is 0 Å². The summed E-state index contributed by atoms with van der Waals surface area (Å²) in [5.41, 5.74) is 3.38. The molecule has 1 aromatic heterocycles. The summed E-state index contributed by atoms with van der Waals surface area (Å²) in [5, 5.41) is 4.12. The number of hydrogen-bond acceptors (Lipinski definition) is 4. The Labute approximate surface area is 176 Å². The second-order valence-electron chi connectivity index (χ2n) is 10.1. The molecule has 2 aromatic rings. The average Bonchev–Trinajstić information content (AvgIpc) is 3.16. The minimum Gasteiger partial charge on any atom is -0.452 e. The third-order valence-electron chi connectivity index (χ3n) is 7.90. The molecule has 5 nitrogen and oxygen atoms in total. The van der Waals surface area contributed by atoms with Crippen molar-refractivity contribution in [2.45, 2.75) is 63.3 Å². The van der Waals surface area contributed by atoms with Gasteiger partial charge in [0.25, 0.3) is 5.91 Å². The van der Waals surface area contributed by atoms with Gasteiger partial charge in [0.2, 0.25) is 0 Å². The molecule has 1 amide bonds. The Hall–Kier alpha value is -2.43. The molecule has 0 aliphatic heterocycles. The van der Waals surface area contributed by atoms with Crippen LogP contribution in [0.1, 0.15) is 66.6 Å². The molecular weight excluding hydrogens is 376 g/mol. The predicted octanol–water partition coefficient (Wildman–Crippen LogP) is 3.97. The number of aromatic nitrogens is 1. The van der Waals surface area contributed by atoms with Crippen LogP contribution in [0.25, 0.3) is 10.9 Å². The van der Waals surface area contributed by atoms with Gasteiger partial charge >= 0.3 is 5.97 Å². The van der Waals surface area contributed by atoms with Crippen LogP contribution in [-0.4, -0.2) is 29.0 Å². The third kappa shape index (κ3) is 3.01. The lowest BCUT2D eigenvalue weighted by molar-refractivity contribution is -0.130. The Balaban J connectivity index is 1.18. The van der Waals surface area contributed by atoms with E-state index in [9.17, 15) is 9.59 Å². The molecule has 5 heteroatoms. The topological polar surface area (TPSA) is 68.3 Å². The molecule has 156 valence electrons. The van der Waals surface area contributed by atoms with E-state index in [0.29, 0.717) is 5.56 Å². The number of aryl methyl sites for hydroxylation is 1. The van der Waals surface area contributed by atoms with Crippen molar-refractivity contribution in [2.24, 2.45) is 17.8 Å². The summed E-state index contributed by atoms with van der Waals surface area (Å²) in [5.74, 6) is 1.76. The number of benzene rings is 1. The Kier molecular flexibility index (Phi) is 4.15. The van der Waals surface area contributed by atoms with Crippen molar-refractivity contribution in [3.8, 4) is 0 Å². The average molecular weight is 405 g/mol. The lowest BCUT2D eigenvalue weighted by Crippen LogP contribution is -2.60. The summed E-state index contributed by atoms with van der Waals surface area (Å²) in [6, 6.07) is 7.71. The van der Waals surface area contributed by atoms with Crippen LogP contribution >= 0.6 is 0 Å². The zero-order chi connectivity index (χ0) is 20.3. The Morgan fingerprint density at radius 2 is 1.73 bits per heavy atom. The van der Waals surface area contributed by atoms with Gasteiger partial charge in [-0.05, 0) is 87.2 Å². The first-order valence-corrected chi connectivity index (χ1v) is 11.5. The largest absolute Gasteiger partial charge is 0.452 e. The predicted molar refractivity (Wildman–Crippen MR) is 113 cm³/mol. The first-order valence-electron chi connectivity index (χ1n) is 11.5. The van der Waals surface area contributed by atoms with Crippen LogP contribution in [0.5, 0.6) is 0 Å². The molecule has 0 radical (unpaired) electrons. The number of ether oxygens (including phenoxy) is 1. The van der Waals surface area contributed by atoms with Crippen molar-refractivity contribution in [1.82, 2.24) is 10.3 Å². The van der Waals surface area contributed by atoms with Crippen LogP contribution in [0.15, 0.2) is 24.3 Å². The van der Waals surface area contributed by atoms with Gasteiger partial charge < -0.3 is 10.1 Å². The number of carbonyl (C=O) groups is 2. The summed E-state index contributed by atoms with van der Waals surface area (Å²) in [6.07, 6.45) is 10.1. The number of carbonyl (C=O) groups excluding carboxylic acids is 2. The second kappa shape index (κ2) is 6.79. The van der Waals surface area contributed by atoms with Gasteiger partial charge in [-0.15, -0.1) is 0 Å². The minimum absolute atomic E-state index is 0.0527. The fourth-order valence-corrected chi connectivity index (χ4v) is 7.24. The lowest BCUT2D eigenvalue weighted by atomic mass is 9.53. The fourth-order valence-electron chi connectivity index (χ4n) is 7.24. The maximum absolute atomic E-state index is 13.1. The summed E-state index contributed by atoms with van der Waals surface area (Å²) in [4.78, 5) is 30.5. The smallest absolute Gasteiger partial charge is 0.339 e. The summed E-state index contributed by atoms with van der Waals surface area (Å²) < 4.78 is 5.56. The number of esters is 1. The zero-order valence-corrected chi connectivity index (χ0v) is 17.3. The molecule has 5 aliphatic rings. The molecule has 0 unspecified atom stereocenters. The molecule has 0 atom stereocenters. The number of rotatable bonds is 4. The van der Waals surface area contributed by atoms with Crippen LogP contribution in [0.4, 0.5) is 0 Å². The molecule has 4 fully saturated rings. The number of hydrogen-bond donors (Lipinski definition) is 1. The van der Waals surface area contributed by atoms with Crippen molar-refractivity contribution in [3.63, 3.8) is 0 Å². The second-order valence-corrected chi connectivity index (χ2v) is 10.1. The van der Waals surface area contributed by atoms with Crippen molar-refractivity contribution in [2.75, 3.05) is 6.61 Å². The number of nitrogens with one attached hydrogen (secondary N) is 1. The molecule has 0 saturated heterocycles. The van der Waals surface area contributed by atoms with E-state index in [1.807, 2.05) is 24.3 Å². The molecule has 30 heavy (non-hydrogen) atoms. The van der Waals surface area contributed by atoms with Gasteiger partial charge in [-0.3, -0.25) is 9.78 Å². The molecule has 4 saturated carbocycles. The number of amides is 1. The van der Waals surface area contributed by atoms with E-state index in [0.717, 1.165) is 78.4 Å². The van der Waals surface area contributed by atoms with E-state index < -0.39 is 5.97 Å². The van der Waals surface area contributed by atoms with E-state index in [-0.39, 0.29) is 18.1 Å². The monoisotopic (exact) mass is 404 g/mol. The highest BCUT2D eigenvalue weighted by atomic mass is 16.5. The molecule has 5 aliphatic carbocycles. The van der Waals surface area contributed by atoms with Crippen LogP contribution in [0, 0.1) is 17.8 Å². The maximum atomic E-state index is 13.1. The van der Waals surface area contributed by atoms with E-state index in [4.69, 9.17) is 9.72 Å². The fraction of sp³-hybridized carbons (Fsp3) is 0.560. The molecule has 0 spiro atoms. The van der Waals surface area contributed by atoms with E-state index in [2.05, 4.69) is 5.32 Å². The highest BCUT2D eigenvalue weighted by Gasteiger charge is 2.51. The summed E-state index contributed by atoms with van der Waals surface area (Å²) in [7, 11) is 0. The Morgan fingerprint density at radius 3 is 2.47 bits per heavy atom. The third-order valence-corrected chi connectivity index (χ3v) is 7.90. The molecule has 1 heterocycles. The van der Waals surface area contributed by atoms with Gasteiger partial charge in [-0.2, -0.15) is 0 Å². The van der Waals surface area contributed by atoms with Gasteiger partial charge in [0.1, 0.15) is 0 Å². The van der Waals surface area contributed by atoms with Crippen molar-refractivity contribution in [3.05, 3.63) is 41.1 Å². The number of pyridine rings is 1. The molecule has 7 rings (SSSR count). The molecule has 1 N–H and O–H groups in total. The van der Waals surface area contributed by atoms with Gasteiger partial charge in [-0.1, -0.05) is 18.2 Å². The molecule has 4 bridgehead atoms. The normalized spacial score (nSPS) is 31.0. The standard InChI is InChI=1S/C25H28N2O3/c28-22(27-25-11-15-8-16(12-25)10-17(9-15)13-25)14-30-24(29)23-18-4-1-2-6-20(18)26-21-7-3-5-19(21)23/h1-2,4,6,15-17H,3,5,7-14H2,(H,27,28). The van der Waals surface area contributed by atoms with Crippen LogP contribution < -0.4 is 5.32 Å². The van der Waals surface area contributed by atoms with Gasteiger partial charge in [0.15, 0.2) is 6.61 Å². The van der Waals surface area contributed by atoms with Crippen LogP contribution in [0.3, 0.4) is 0 Å². The summed E-state index contributed by atoms with van der Waals surface area (Å²) in [6.45, 7) is -0.202. The number of fused-ring (bicyclic) bond motifs is 2. The van der Waals surface area contributed by atoms with E-state index in [1.165, 1.54) is 19.3 Å². The molecule has 1 aromatic carbocycles. The van der Waals surface area contributed by atoms with Gasteiger partial charge in [0.05, 0.1) is 11.1 Å². The van der Waals surface area contributed by atoms with Crippen LogP contribution in [0.2, 0.25) is 0 Å². The highest BCUT2D eigenvalue weighted by molar-refractivity contribution is 6.05. The van der Waals surface area contributed by atoms with Gasteiger partial charge in [-0.25, -0.2) is 4.79 Å². The zero-order valence-electron chi connectivity index (χ0n) is 17.3. The summed E-state index contributed by atoms with van der Waals surface area (Å²) >= 11 is 0. The maximum Gasteiger partial charge on any atom is 0.339 e. The van der Waals surface area contributed by atoms with Gasteiger partial charge in [0, 0.05) is 16.6 Å². The Bertz CT molecular complexity index is 1010. The first-order chi connectivity index (χ1) is 14.6. The van der Waals surface area contributed by atoms with Crippen molar-refractivity contribution >= 4 is 22.8 Å². The van der Waals surface area contributed by atoms with Crippen LogP contribution in [-0.2, 0) is 22.4 Å². The molecular formula is C25H28N2O3. The highest BCUT2D eigenvalue weighted by Crippen LogP contribution is 2.55. The van der Waals surface area contributed by atoms with Crippen molar-refractivity contribution < 1.29 is 14.3 Å². The Morgan fingerprint density at radius 1 is 1.03 bits per heavy atom. The number of nitrogens with zero attached hydrogens (tertiary/aromatic N) is 1. The number of para-hydroxylation sites is 1. The SMILES string of the molecule is O=C(COC(=O)c1c2c(nc3ccccc13)CCC2)NC12CC3CC(CC(C3)C1)C2. The lowest BCUT2D eigenvalue weighted by Gasteiger charge is -2.56. The van der Waals surface area contributed by atoms with E-state index in [1.54, 1.807) is 0 Å². The first kappa shape index (κ1) is 18.3. The quantitative estimate of drug-likeness (QED) is 0.783.